The van der Waals surface area contributed by atoms with Gasteiger partial charge in [0.05, 0.1) is 0 Å². The lowest BCUT2D eigenvalue weighted by atomic mass is 9.91. The van der Waals surface area contributed by atoms with Crippen molar-refractivity contribution in [1.29, 1.82) is 0 Å². The van der Waals surface area contributed by atoms with Gasteiger partial charge in [-0.15, -0.1) is 0 Å². The summed E-state index contributed by atoms with van der Waals surface area (Å²) in [5.41, 5.74) is 5.37. The lowest BCUT2D eigenvalue weighted by molar-refractivity contribution is 0.0982. The molecule has 0 aliphatic heterocycles. The van der Waals surface area contributed by atoms with Crippen LogP contribution in [0.25, 0.3) is 22.3 Å². The highest BCUT2D eigenvalue weighted by molar-refractivity contribution is 5.99. The van der Waals surface area contributed by atoms with Gasteiger partial charge < -0.3 is 0 Å². The number of ketones is 1. The van der Waals surface area contributed by atoms with Gasteiger partial charge >= 0.3 is 0 Å². The molecule has 0 aliphatic carbocycles. The fraction of sp³-hybridized carbons (Fsp3) is 0.136. The molecular weight excluding hydrogens is 280 g/mol. The minimum absolute atomic E-state index is 0.212. The van der Waals surface area contributed by atoms with Crippen LogP contribution in [0.2, 0.25) is 0 Å². The monoisotopic (exact) mass is 300 g/mol. The normalized spacial score (nSPS) is 10.5. The van der Waals surface area contributed by atoms with Crippen molar-refractivity contribution in [3.63, 3.8) is 0 Å². The van der Waals surface area contributed by atoms with E-state index < -0.39 is 0 Å². The standard InChI is InChI=1S/C22H20O/c1-2-9-22(23)19-14-15-20(17-10-5-3-6-11-17)21(16-19)18-12-7-4-8-13-18/h3-8,10-16H,2,9H2,1H3. The van der Waals surface area contributed by atoms with Crippen LogP contribution in [-0.2, 0) is 0 Å². The van der Waals surface area contributed by atoms with Crippen molar-refractivity contribution in [3.05, 3.63) is 84.4 Å². The summed E-state index contributed by atoms with van der Waals surface area (Å²) in [6.07, 6.45) is 1.47. The molecule has 3 aromatic rings. The van der Waals surface area contributed by atoms with Crippen LogP contribution in [0.15, 0.2) is 78.9 Å². The van der Waals surface area contributed by atoms with Crippen LogP contribution in [0.4, 0.5) is 0 Å². The molecule has 3 rings (SSSR count). The third-order valence-electron chi connectivity index (χ3n) is 3.99. The first-order chi connectivity index (χ1) is 11.3. The molecule has 114 valence electrons. The summed E-state index contributed by atoms with van der Waals surface area (Å²) in [7, 11) is 0. The van der Waals surface area contributed by atoms with E-state index in [1.807, 2.05) is 55.5 Å². The zero-order chi connectivity index (χ0) is 16.1. The molecule has 0 saturated carbocycles. The number of Topliss-reactive ketones (excluding diaryl/α,β-unsaturated/α-hetero) is 1. The van der Waals surface area contributed by atoms with Crippen molar-refractivity contribution in [2.75, 3.05) is 0 Å². The molecule has 0 aliphatic rings. The largest absolute Gasteiger partial charge is 0.294 e. The Bertz CT molecular complexity index is 789. The summed E-state index contributed by atoms with van der Waals surface area (Å²) in [6, 6.07) is 26.6. The van der Waals surface area contributed by atoms with Crippen LogP contribution in [0, 0.1) is 0 Å². The second-order valence-electron chi connectivity index (χ2n) is 5.67. The summed E-state index contributed by atoms with van der Waals surface area (Å²) in [5.74, 6) is 0.212. The summed E-state index contributed by atoms with van der Waals surface area (Å²) in [6.45, 7) is 2.04. The minimum atomic E-state index is 0.212. The van der Waals surface area contributed by atoms with Crippen molar-refractivity contribution >= 4 is 5.78 Å². The fourth-order valence-corrected chi connectivity index (χ4v) is 2.82. The first-order valence-electron chi connectivity index (χ1n) is 8.07. The Morgan fingerprint density at radius 1 is 0.739 bits per heavy atom. The van der Waals surface area contributed by atoms with Crippen LogP contribution in [-0.4, -0.2) is 5.78 Å². The van der Waals surface area contributed by atoms with E-state index in [2.05, 4.69) is 30.3 Å². The second kappa shape index (κ2) is 7.06. The Labute approximate surface area is 137 Å². The van der Waals surface area contributed by atoms with Gasteiger partial charge in [-0.25, -0.2) is 0 Å². The molecule has 1 heteroatoms. The molecule has 0 spiro atoms. The molecule has 0 aromatic heterocycles. The minimum Gasteiger partial charge on any atom is -0.294 e. The topological polar surface area (TPSA) is 17.1 Å². The molecule has 0 radical (unpaired) electrons. The van der Waals surface area contributed by atoms with E-state index in [1.165, 1.54) is 5.56 Å². The van der Waals surface area contributed by atoms with E-state index in [0.29, 0.717) is 6.42 Å². The zero-order valence-corrected chi connectivity index (χ0v) is 13.3. The molecule has 0 heterocycles. The first-order valence-corrected chi connectivity index (χ1v) is 8.07. The fourth-order valence-electron chi connectivity index (χ4n) is 2.82. The molecule has 0 unspecified atom stereocenters. The van der Waals surface area contributed by atoms with E-state index in [1.54, 1.807) is 0 Å². The Balaban J connectivity index is 2.15. The molecule has 23 heavy (non-hydrogen) atoms. The summed E-state index contributed by atoms with van der Waals surface area (Å²) < 4.78 is 0. The lowest BCUT2D eigenvalue weighted by Gasteiger charge is -2.12. The number of benzene rings is 3. The number of rotatable bonds is 5. The number of hydrogen-bond donors (Lipinski definition) is 0. The Kier molecular flexibility index (Phi) is 4.68. The molecule has 0 fully saturated rings. The summed E-state index contributed by atoms with van der Waals surface area (Å²) in [4.78, 5) is 12.3. The Morgan fingerprint density at radius 2 is 1.30 bits per heavy atom. The van der Waals surface area contributed by atoms with Crippen molar-refractivity contribution in [2.45, 2.75) is 19.8 Å². The summed E-state index contributed by atoms with van der Waals surface area (Å²) in [5, 5.41) is 0. The van der Waals surface area contributed by atoms with Gasteiger partial charge in [-0.2, -0.15) is 0 Å². The van der Waals surface area contributed by atoms with E-state index >= 15 is 0 Å². The number of carbonyl (C=O) groups excluding carboxylic acids is 1. The third kappa shape index (κ3) is 3.40. The SMILES string of the molecule is CCCC(=O)c1ccc(-c2ccccc2)c(-c2ccccc2)c1. The van der Waals surface area contributed by atoms with E-state index in [-0.39, 0.29) is 5.78 Å². The van der Waals surface area contributed by atoms with Gasteiger partial charge in [0.1, 0.15) is 0 Å². The lowest BCUT2D eigenvalue weighted by Crippen LogP contribution is -1.99. The van der Waals surface area contributed by atoms with Gasteiger partial charge in [0.15, 0.2) is 5.78 Å². The average Bonchev–Trinajstić information content (AvgIpc) is 2.63. The van der Waals surface area contributed by atoms with Gasteiger partial charge in [-0.3, -0.25) is 4.79 Å². The molecule has 0 saturated heterocycles. The van der Waals surface area contributed by atoms with Crippen molar-refractivity contribution < 1.29 is 4.79 Å². The van der Waals surface area contributed by atoms with Gasteiger partial charge in [0.25, 0.3) is 0 Å². The van der Waals surface area contributed by atoms with Gasteiger partial charge in [-0.05, 0) is 34.7 Å². The van der Waals surface area contributed by atoms with Crippen LogP contribution >= 0.6 is 0 Å². The van der Waals surface area contributed by atoms with Crippen LogP contribution < -0.4 is 0 Å². The molecule has 1 nitrogen and oxygen atoms in total. The van der Waals surface area contributed by atoms with E-state index in [9.17, 15) is 4.79 Å². The van der Waals surface area contributed by atoms with Crippen LogP contribution in [0.5, 0.6) is 0 Å². The molecule has 0 N–H and O–H groups in total. The molecular formula is C22H20O. The van der Waals surface area contributed by atoms with E-state index in [0.717, 1.165) is 28.7 Å². The maximum Gasteiger partial charge on any atom is 0.162 e. The van der Waals surface area contributed by atoms with Crippen molar-refractivity contribution in [1.82, 2.24) is 0 Å². The molecule has 3 aromatic carbocycles. The molecule has 0 amide bonds. The van der Waals surface area contributed by atoms with Gasteiger partial charge in [-0.1, -0.05) is 79.7 Å². The maximum atomic E-state index is 12.3. The predicted octanol–water partition coefficient (Wildman–Crippen LogP) is 6.00. The average molecular weight is 300 g/mol. The van der Waals surface area contributed by atoms with Crippen molar-refractivity contribution in [3.8, 4) is 22.3 Å². The highest BCUT2D eigenvalue weighted by Crippen LogP contribution is 2.33. The quantitative estimate of drug-likeness (QED) is 0.528. The highest BCUT2D eigenvalue weighted by atomic mass is 16.1. The number of hydrogen-bond acceptors (Lipinski definition) is 1. The van der Waals surface area contributed by atoms with Gasteiger partial charge in [0.2, 0.25) is 0 Å². The zero-order valence-electron chi connectivity index (χ0n) is 13.3. The van der Waals surface area contributed by atoms with Crippen LogP contribution in [0.1, 0.15) is 30.1 Å². The smallest absolute Gasteiger partial charge is 0.162 e. The molecule has 0 bridgehead atoms. The first kappa shape index (κ1) is 15.2. The Hall–Kier alpha value is -2.67. The highest BCUT2D eigenvalue weighted by Gasteiger charge is 2.11. The Morgan fingerprint density at radius 3 is 1.87 bits per heavy atom. The predicted molar refractivity (Wildman–Crippen MR) is 96.6 cm³/mol. The van der Waals surface area contributed by atoms with Crippen molar-refractivity contribution in [2.24, 2.45) is 0 Å². The van der Waals surface area contributed by atoms with E-state index in [4.69, 9.17) is 0 Å². The maximum absolute atomic E-state index is 12.3. The molecule has 0 atom stereocenters. The second-order valence-corrected chi connectivity index (χ2v) is 5.67. The third-order valence-corrected chi connectivity index (χ3v) is 3.99. The summed E-state index contributed by atoms with van der Waals surface area (Å²) >= 11 is 0. The van der Waals surface area contributed by atoms with Gasteiger partial charge in [0, 0.05) is 12.0 Å². The van der Waals surface area contributed by atoms with Crippen LogP contribution in [0.3, 0.4) is 0 Å². The number of carbonyl (C=O) groups is 1.